The zero-order chi connectivity index (χ0) is 21.0. The number of nitrogens with one attached hydrogen (secondary N) is 1. The van der Waals surface area contributed by atoms with Gasteiger partial charge >= 0.3 is 0 Å². The second-order valence-electron chi connectivity index (χ2n) is 7.37. The van der Waals surface area contributed by atoms with Crippen molar-refractivity contribution in [2.75, 3.05) is 13.1 Å². The van der Waals surface area contributed by atoms with E-state index in [4.69, 9.17) is 0 Å². The van der Waals surface area contributed by atoms with Crippen molar-refractivity contribution in [3.8, 4) is 0 Å². The molecule has 0 atom stereocenters. The number of hydrogen-bond acceptors (Lipinski definition) is 4. The lowest BCUT2D eigenvalue weighted by Gasteiger charge is -2.32. The van der Waals surface area contributed by atoms with E-state index in [0.717, 1.165) is 18.4 Å². The van der Waals surface area contributed by atoms with Gasteiger partial charge in [-0.15, -0.1) is 0 Å². The fourth-order valence-electron chi connectivity index (χ4n) is 3.69. The van der Waals surface area contributed by atoms with Crippen LogP contribution in [0.3, 0.4) is 0 Å². The van der Waals surface area contributed by atoms with E-state index >= 15 is 0 Å². The van der Waals surface area contributed by atoms with E-state index in [2.05, 4.69) is 14.3 Å². The van der Waals surface area contributed by atoms with E-state index in [0.29, 0.717) is 24.7 Å². The van der Waals surface area contributed by atoms with Crippen LogP contribution in [-0.4, -0.2) is 41.9 Å². The lowest BCUT2D eigenvalue weighted by Crippen LogP contribution is -2.39. The number of sulfonamides is 1. The molecule has 1 aliphatic heterocycles. The molecule has 0 bridgehead atoms. The number of nitrogens with zero attached hydrogens (tertiary/aromatic N) is 3. The summed E-state index contributed by atoms with van der Waals surface area (Å²) in [6.45, 7) is 1.46. The first-order valence-electron chi connectivity index (χ1n) is 9.93. The van der Waals surface area contributed by atoms with Gasteiger partial charge in [0.25, 0.3) is 5.91 Å². The van der Waals surface area contributed by atoms with E-state index in [1.165, 1.54) is 12.1 Å². The van der Waals surface area contributed by atoms with Gasteiger partial charge in [-0.2, -0.15) is 0 Å². The molecule has 1 amide bonds. The number of likely N-dealkylation sites (tertiary alicyclic amines) is 1. The first kappa shape index (κ1) is 20.3. The molecular weight excluding hydrogens is 400 g/mol. The Morgan fingerprint density at radius 2 is 1.83 bits per heavy atom. The van der Waals surface area contributed by atoms with Crippen molar-refractivity contribution in [2.24, 2.45) is 0 Å². The highest BCUT2D eigenvalue weighted by Crippen LogP contribution is 2.24. The van der Waals surface area contributed by atoms with Crippen LogP contribution in [-0.2, 0) is 16.6 Å². The summed E-state index contributed by atoms with van der Waals surface area (Å²) in [5.74, 6) is -0.140. The van der Waals surface area contributed by atoms with Gasteiger partial charge in [-0.1, -0.05) is 36.4 Å². The topological polar surface area (TPSA) is 84.3 Å². The number of piperidine rings is 1. The van der Waals surface area contributed by atoms with Crippen LogP contribution in [0, 0.1) is 0 Å². The van der Waals surface area contributed by atoms with Crippen LogP contribution in [0.25, 0.3) is 0 Å². The number of imidazole rings is 1. The normalized spacial score (nSPS) is 15.3. The minimum atomic E-state index is -3.71. The summed E-state index contributed by atoms with van der Waals surface area (Å²) in [5.41, 5.74) is 1.26. The molecule has 1 N–H and O–H groups in total. The molecule has 4 rings (SSSR count). The number of carbonyl (C=O) groups is 1. The summed E-state index contributed by atoms with van der Waals surface area (Å²) in [5, 5.41) is 0. The van der Waals surface area contributed by atoms with E-state index in [9.17, 15) is 13.2 Å². The lowest BCUT2D eigenvalue weighted by molar-refractivity contribution is 0.0694. The van der Waals surface area contributed by atoms with Crippen LogP contribution in [0.2, 0.25) is 0 Å². The van der Waals surface area contributed by atoms with Gasteiger partial charge in [0.1, 0.15) is 0 Å². The maximum atomic E-state index is 12.9. The SMILES string of the molecule is O=C(c1cccc(S(=O)(=O)NCc2ccccc2)c1)N1CCC(n2ccnc2)CC1. The Hall–Kier alpha value is -2.97. The van der Waals surface area contributed by atoms with Crippen LogP contribution in [0.4, 0.5) is 0 Å². The fourth-order valence-corrected chi connectivity index (χ4v) is 4.75. The molecule has 0 unspecified atom stereocenters. The van der Waals surface area contributed by atoms with E-state index in [1.807, 2.05) is 36.5 Å². The lowest BCUT2D eigenvalue weighted by atomic mass is 10.0. The average molecular weight is 425 g/mol. The number of hydrogen-bond donors (Lipinski definition) is 1. The number of carbonyl (C=O) groups excluding carboxylic acids is 1. The Morgan fingerprint density at radius 3 is 2.53 bits per heavy atom. The van der Waals surface area contributed by atoms with Crippen molar-refractivity contribution >= 4 is 15.9 Å². The molecule has 1 aromatic heterocycles. The monoisotopic (exact) mass is 424 g/mol. The Labute approximate surface area is 176 Å². The van der Waals surface area contributed by atoms with Gasteiger partial charge in [0.2, 0.25) is 10.0 Å². The summed E-state index contributed by atoms with van der Waals surface area (Å²) < 4.78 is 30.0. The van der Waals surface area contributed by atoms with E-state index in [-0.39, 0.29) is 17.3 Å². The molecule has 7 nitrogen and oxygen atoms in total. The Balaban J connectivity index is 1.42. The fraction of sp³-hybridized carbons (Fsp3) is 0.273. The summed E-state index contributed by atoms with van der Waals surface area (Å²) in [7, 11) is -3.71. The zero-order valence-corrected chi connectivity index (χ0v) is 17.3. The minimum absolute atomic E-state index is 0.0950. The molecule has 1 aliphatic rings. The van der Waals surface area contributed by atoms with Crippen LogP contribution in [0.1, 0.15) is 34.8 Å². The highest BCUT2D eigenvalue weighted by Gasteiger charge is 2.25. The third kappa shape index (κ3) is 4.60. The van der Waals surface area contributed by atoms with E-state index in [1.54, 1.807) is 29.6 Å². The van der Waals surface area contributed by atoms with E-state index < -0.39 is 10.0 Å². The van der Waals surface area contributed by atoms with Gasteiger partial charge in [0.05, 0.1) is 11.2 Å². The molecule has 2 aromatic carbocycles. The van der Waals surface area contributed by atoms with Crippen molar-refractivity contribution in [3.63, 3.8) is 0 Å². The Bertz CT molecular complexity index is 1090. The van der Waals surface area contributed by atoms with Crippen molar-refractivity contribution in [2.45, 2.75) is 30.3 Å². The molecule has 3 aromatic rings. The van der Waals surface area contributed by atoms with Crippen LogP contribution >= 0.6 is 0 Å². The van der Waals surface area contributed by atoms with Gasteiger partial charge in [0.15, 0.2) is 0 Å². The third-order valence-corrected chi connectivity index (χ3v) is 6.80. The highest BCUT2D eigenvalue weighted by atomic mass is 32.2. The first-order valence-corrected chi connectivity index (χ1v) is 11.4. The number of amides is 1. The molecular formula is C22H24N4O3S. The van der Waals surface area contributed by atoms with Crippen molar-refractivity contribution in [1.29, 1.82) is 0 Å². The molecule has 156 valence electrons. The standard InChI is InChI=1S/C22H24N4O3S/c27-22(25-12-9-20(10-13-25)26-14-11-23-17-26)19-7-4-8-21(15-19)30(28,29)24-16-18-5-2-1-3-6-18/h1-8,11,14-15,17,20,24H,9-10,12-13,16H2. The molecule has 0 radical (unpaired) electrons. The van der Waals surface area contributed by atoms with Crippen molar-refractivity contribution in [1.82, 2.24) is 19.2 Å². The predicted octanol–water partition coefficient (Wildman–Crippen LogP) is 2.84. The highest BCUT2D eigenvalue weighted by molar-refractivity contribution is 7.89. The quantitative estimate of drug-likeness (QED) is 0.660. The minimum Gasteiger partial charge on any atom is -0.338 e. The average Bonchev–Trinajstić information content (AvgIpc) is 3.33. The summed E-state index contributed by atoms with van der Waals surface area (Å²) in [6, 6.07) is 15.9. The summed E-state index contributed by atoms with van der Waals surface area (Å²) >= 11 is 0. The Kier molecular flexibility index (Phi) is 5.96. The number of rotatable bonds is 6. The van der Waals surface area contributed by atoms with Crippen molar-refractivity contribution < 1.29 is 13.2 Å². The molecule has 30 heavy (non-hydrogen) atoms. The first-order chi connectivity index (χ1) is 14.5. The Morgan fingerprint density at radius 1 is 1.07 bits per heavy atom. The number of benzene rings is 2. The maximum absolute atomic E-state index is 12.9. The molecule has 0 aliphatic carbocycles. The van der Waals surface area contributed by atoms with Gasteiger partial charge < -0.3 is 9.47 Å². The van der Waals surface area contributed by atoms with Crippen molar-refractivity contribution in [3.05, 3.63) is 84.4 Å². The van der Waals surface area contributed by atoms with Gasteiger partial charge in [-0.3, -0.25) is 4.79 Å². The molecule has 8 heteroatoms. The molecule has 2 heterocycles. The number of aromatic nitrogens is 2. The third-order valence-electron chi connectivity index (χ3n) is 5.40. The zero-order valence-electron chi connectivity index (χ0n) is 16.5. The maximum Gasteiger partial charge on any atom is 0.253 e. The largest absolute Gasteiger partial charge is 0.338 e. The van der Waals surface area contributed by atoms with Crippen LogP contribution in [0.5, 0.6) is 0 Å². The molecule has 0 spiro atoms. The molecule has 0 saturated carbocycles. The smallest absolute Gasteiger partial charge is 0.253 e. The predicted molar refractivity (Wildman–Crippen MR) is 113 cm³/mol. The van der Waals surface area contributed by atoms with Gasteiger partial charge in [0, 0.05) is 43.6 Å². The summed E-state index contributed by atoms with van der Waals surface area (Å²) in [4.78, 5) is 18.9. The second kappa shape index (κ2) is 8.81. The molecule has 1 fully saturated rings. The van der Waals surface area contributed by atoms with Crippen LogP contribution < -0.4 is 4.72 Å². The van der Waals surface area contributed by atoms with Crippen LogP contribution in [0.15, 0.2) is 78.2 Å². The van der Waals surface area contributed by atoms with Gasteiger partial charge in [-0.05, 0) is 36.6 Å². The van der Waals surface area contributed by atoms with Gasteiger partial charge in [-0.25, -0.2) is 18.1 Å². The second-order valence-corrected chi connectivity index (χ2v) is 9.14. The molecule has 1 saturated heterocycles. The summed E-state index contributed by atoms with van der Waals surface area (Å²) in [6.07, 6.45) is 7.20.